The highest BCUT2D eigenvalue weighted by Gasteiger charge is 2.31. The predicted molar refractivity (Wildman–Crippen MR) is 120 cm³/mol. The molecule has 2 aromatic heterocycles. The maximum atomic E-state index is 13.5. The predicted octanol–water partition coefficient (Wildman–Crippen LogP) is 2.83. The lowest BCUT2D eigenvalue weighted by Crippen LogP contribution is -2.39. The van der Waals surface area contributed by atoms with Crippen LogP contribution in [0.3, 0.4) is 0 Å². The first-order valence-corrected chi connectivity index (χ1v) is 11.9. The number of nitrogens with zero attached hydrogens (tertiary/aromatic N) is 4. The van der Waals surface area contributed by atoms with Gasteiger partial charge in [-0.1, -0.05) is 11.2 Å². The van der Waals surface area contributed by atoms with Gasteiger partial charge in [0.05, 0.1) is 12.3 Å². The second kappa shape index (κ2) is 9.32. The number of alkyl halides is 1. The van der Waals surface area contributed by atoms with Gasteiger partial charge in [0.15, 0.2) is 0 Å². The number of allylic oxidation sites excluding steroid dienone is 1. The zero-order valence-electron chi connectivity index (χ0n) is 19.2. The number of aliphatic hydroxyl groups is 1. The first-order chi connectivity index (χ1) is 16.4. The summed E-state index contributed by atoms with van der Waals surface area (Å²) in [7, 11) is 0. The summed E-state index contributed by atoms with van der Waals surface area (Å²) in [5.74, 6) is 1.16. The molecule has 2 aliphatic heterocycles. The van der Waals surface area contributed by atoms with Gasteiger partial charge < -0.3 is 19.3 Å². The molecule has 4 heterocycles. The van der Waals surface area contributed by atoms with Crippen molar-refractivity contribution in [2.75, 3.05) is 19.7 Å². The van der Waals surface area contributed by atoms with Crippen LogP contribution in [0.5, 0.6) is 0 Å². The van der Waals surface area contributed by atoms with Crippen LogP contribution in [0.4, 0.5) is 9.18 Å². The summed E-state index contributed by atoms with van der Waals surface area (Å²) in [5.41, 5.74) is 2.64. The summed E-state index contributed by atoms with van der Waals surface area (Å²) < 4.78 is 25.9. The fourth-order valence-corrected chi connectivity index (χ4v) is 5.13. The summed E-state index contributed by atoms with van der Waals surface area (Å²) in [4.78, 5) is 31.5. The second-order valence-corrected chi connectivity index (χ2v) is 9.26. The standard InChI is InChI=1S/C24H29FN4O5/c1-14-17(23(31)29-9-2-3-19(30)22(29)26-14)8-12-33-24(32)28-10-6-15(7-11-28)21-18-5-4-16(25)13-20(18)34-27-21/h4-5,15-16,19,30H,2-3,6-13H2,1H3. The van der Waals surface area contributed by atoms with Crippen LogP contribution in [0.15, 0.2) is 15.4 Å². The van der Waals surface area contributed by atoms with Crippen molar-refractivity contribution in [2.45, 2.75) is 70.2 Å². The number of hydrogen-bond donors (Lipinski definition) is 1. The van der Waals surface area contributed by atoms with Crippen molar-refractivity contribution in [3.05, 3.63) is 50.5 Å². The Labute approximate surface area is 196 Å². The quantitative estimate of drug-likeness (QED) is 0.728. The average molecular weight is 473 g/mol. The Kier molecular flexibility index (Phi) is 6.24. The largest absolute Gasteiger partial charge is 0.449 e. The summed E-state index contributed by atoms with van der Waals surface area (Å²) >= 11 is 0. The number of halogens is 1. The third kappa shape index (κ3) is 4.26. The Morgan fingerprint density at radius 2 is 2.09 bits per heavy atom. The van der Waals surface area contributed by atoms with Crippen LogP contribution < -0.4 is 5.56 Å². The molecule has 182 valence electrons. The molecular formula is C24H29FN4O5. The highest BCUT2D eigenvalue weighted by molar-refractivity contribution is 5.67. The molecule has 9 nitrogen and oxygen atoms in total. The molecule has 0 bridgehead atoms. The van der Waals surface area contributed by atoms with Crippen molar-refractivity contribution in [3.63, 3.8) is 0 Å². The minimum Gasteiger partial charge on any atom is -0.449 e. The normalized spacial score (nSPS) is 22.4. The first kappa shape index (κ1) is 22.8. The zero-order valence-corrected chi connectivity index (χ0v) is 19.2. The summed E-state index contributed by atoms with van der Waals surface area (Å²) in [6.45, 7) is 3.43. The maximum Gasteiger partial charge on any atom is 0.409 e. The Bertz CT molecular complexity index is 1160. The van der Waals surface area contributed by atoms with Crippen molar-refractivity contribution in [1.29, 1.82) is 0 Å². The molecule has 2 unspecified atom stereocenters. The minimum absolute atomic E-state index is 0.0877. The number of aliphatic hydroxyl groups excluding tert-OH is 1. The van der Waals surface area contributed by atoms with Gasteiger partial charge in [-0.2, -0.15) is 0 Å². The fourth-order valence-electron chi connectivity index (χ4n) is 5.13. The Morgan fingerprint density at radius 3 is 2.88 bits per heavy atom. The van der Waals surface area contributed by atoms with Crippen LogP contribution in [0.2, 0.25) is 0 Å². The van der Waals surface area contributed by atoms with Crippen LogP contribution in [0.25, 0.3) is 6.08 Å². The van der Waals surface area contributed by atoms with Crippen LogP contribution >= 0.6 is 0 Å². The smallest absolute Gasteiger partial charge is 0.409 e. The van der Waals surface area contributed by atoms with Gasteiger partial charge in [0.1, 0.15) is 23.9 Å². The molecule has 3 aliphatic rings. The number of amides is 1. The van der Waals surface area contributed by atoms with Crippen molar-refractivity contribution < 1.29 is 23.6 Å². The first-order valence-electron chi connectivity index (χ1n) is 11.9. The number of aromatic nitrogens is 3. The SMILES string of the molecule is Cc1nc2n(c(=O)c1CCOC(=O)N1CCC(c3noc4c3C=CC(F)C4)CC1)CCCC2O. The summed E-state index contributed by atoms with van der Waals surface area (Å²) in [5, 5.41) is 14.3. The molecule has 2 aromatic rings. The lowest BCUT2D eigenvalue weighted by Gasteiger charge is -2.30. The molecule has 5 rings (SSSR count). The molecule has 0 aromatic carbocycles. The van der Waals surface area contributed by atoms with Crippen molar-refractivity contribution in [2.24, 2.45) is 0 Å². The molecule has 1 saturated heterocycles. The third-order valence-electron chi connectivity index (χ3n) is 7.06. The van der Waals surface area contributed by atoms with E-state index in [1.54, 1.807) is 17.9 Å². The van der Waals surface area contributed by atoms with Crippen LogP contribution in [0, 0.1) is 6.92 Å². The Hall–Kier alpha value is -3.01. The van der Waals surface area contributed by atoms with Gasteiger partial charge in [-0.25, -0.2) is 14.2 Å². The number of carbonyl (C=O) groups is 1. The van der Waals surface area contributed by atoms with Crippen LogP contribution in [-0.2, 0) is 24.1 Å². The van der Waals surface area contributed by atoms with E-state index in [0.717, 1.165) is 30.5 Å². The molecule has 1 aliphatic carbocycles. The van der Waals surface area contributed by atoms with E-state index in [2.05, 4.69) is 10.1 Å². The molecule has 10 heteroatoms. The molecule has 1 fully saturated rings. The molecule has 34 heavy (non-hydrogen) atoms. The van der Waals surface area contributed by atoms with Gasteiger partial charge >= 0.3 is 6.09 Å². The molecular weight excluding hydrogens is 443 g/mol. The number of likely N-dealkylation sites (tertiary alicyclic amines) is 1. The number of piperidine rings is 1. The molecule has 1 N–H and O–H groups in total. The Morgan fingerprint density at radius 1 is 1.29 bits per heavy atom. The fraction of sp³-hybridized carbons (Fsp3) is 0.583. The van der Waals surface area contributed by atoms with E-state index < -0.39 is 18.4 Å². The van der Waals surface area contributed by atoms with Gasteiger partial charge in [0, 0.05) is 55.2 Å². The number of aryl methyl sites for hydroxylation is 1. The van der Waals surface area contributed by atoms with Gasteiger partial charge in [0.25, 0.3) is 5.56 Å². The second-order valence-electron chi connectivity index (χ2n) is 9.26. The van der Waals surface area contributed by atoms with E-state index in [-0.39, 0.29) is 30.9 Å². The average Bonchev–Trinajstić information content (AvgIpc) is 3.25. The van der Waals surface area contributed by atoms with E-state index in [1.807, 2.05) is 0 Å². The van der Waals surface area contributed by atoms with Gasteiger partial charge in [-0.3, -0.25) is 9.36 Å². The van der Waals surface area contributed by atoms with E-state index >= 15 is 0 Å². The number of carbonyl (C=O) groups excluding carboxylic acids is 1. The van der Waals surface area contributed by atoms with Gasteiger partial charge in [-0.15, -0.1) is 0 Å². The number of ether oxygens (including phenoxy) is 1. The van der Waals surface area contributed by atoms with Crippen molar-refractivity contribution in [3.8, 4) is 0 Å². The summed E-state index contributed by atoms with van der Waals surface area (Å²) in [6, 6.07) is 0. The lowest BCUT2D eigenvalue weighted by molar-refractivity contribution is 0.0929. The van der Waals surface area contributed by atoms with Gasteiger partial charge in [-0.05, 0) is 38.7 Å². The van der Waals surface area contributed by atoms with E-state index in [4.69, 9.17) is 9.26 Å². The third-order valence-corrected chi connectivity index (χ3v) is 7.06. The molecule has 0 spiro atoms. The summed E-state index contributed by atoms with van der Waals surface area (Å²) in [6.07, 6.45) is 4.40. The molecule has 2 atom stereocenters. The topological polar surface area (TPSA) is 111 Å². The van der Waals surface area contributed by atoms with Crippen molar-refractivity contribution >= 4 is 12.2 Å². The highest BCUT2D eigenvalue weighted by Crippen LogP contribution is 2.34. The Balaban J connectivity index is 1.15. The van der Waals surface area contributed by atoms with E-state index in [9.17, 15) is 19.1 Å². The molecule has 0 saturated carbocycles. The molecule has 0 radical (unpaired) electrons. The van der Waals surface area contributed by atoms with E-state index in [0.29, 0.717) is 48.9 Å². The highest BCUT2D eigenvalue weighted by atomic mass is 19.1. The van der Waals surface area contributed by atoms with Crippen LogP contribution in [-0.4, -0.2) is 56.7 Å². The maximum absolute atomic E-state index is 13.5. The number of rotatable bonds is 4. The monoisotopic (exact) mass is 472 g/mol. The van der Waals surface area contributed by atoms with Crippen LogP contribution in [0.1, 0.15) is 71.8 Å². The zero-order chi connectivity index (χ0) is 23.8. The molecule has 1 amide bonds. The number of hydrogen-bond acceptors (Lipinski definition) is 7. The number of fused-ring (bicyclic) bond motifs is 2. The lowest BCUT2D eigenvalue weighted by atomic mass is 9.89. The van der Waals surface area contributed by atoms with Gasteiger partial charge in [0.2, 0.25) is 0 Å². The minimum atomic E-state index is -1.03. The van der Waals surface area contributed by atoms with Crippen molar-refractivity contribution in [1.82, 2.24) is 19.6 Å². The van der Waals surface area contributed by atoms with E-state index in [1.165, 1.54) is 10.6 Å².